The lowest BCUT2D eigenvalue weighted by Crippen LogP contribution is -2.42. The average Bonchev–Trinajstić information content (AvgIpc) is 2.03. The van der Waals surface area contributed by atoms with Crippen molar-refractivity contribution in [1.29, 1.82) is 0 Å². The minimum absolute atomic E-state index is 0.141. The molecule has 1 fully saturated rings. The number of carbonyl (C=O) groups excluding carboxylic acids is 1. The van der Waals surface area contributed by atoms with Gasteiger partial charge in [-0.05, 0) is 39.5 Å². The Morgan fingerprint density at radius 1 is 1.54 bits per heavy atom. The van der Waals surface area contributed by atoms with Crippen molar-refractivity contribution in [3.8, 4) is 0 Å². The fraction of sp³-hybridized carbons (Fsp3) is 0.889. The van der Waals surface area contributed by atoms with E-state index in [1.54, 1.807) is 11.8 Å². The van der Waals surface area contributed by atoms with Crippen LogP contribution in [0.5, 0.6) is 0 Å². The summed E-state index contributed by atoms with van der Waals surface area (Å²) in [4.78, 5) is 11.5. The Kier molecular flexibility index (Phi) is 3.62. The van der Waals surface area contributed by atoms with Crippen LogP contribution < -0.4 is 5.32 Å². The van der Waals surface area contributed by atoms with Crippen LogP contribution in [0.25, 0.3) is 0 Å². The molecule has 0 spiro atoms. The van der Waals surface area contributed by atoms with E-state index >= 15 is 0 Å². The zero-order chi connectivity index (χ0) is 9.90. The van der Waals surface area contributed by atoms with Gasteiger partial charge in [0.15, 0.2) is 5.37 Å². The van der Waals surface area contributed by atoms with E-state index in [-0.39, 0.29) is 16.9 Å². The molecule has 1 N–H and O–H groups in total. The van der Waals surface area contributed by atoms with Crippen LogP contribution in [0, 0.1) is 0 Å². The molecular formula is C9H17NO2S. The van der Waals surface area contributed by atoms with Crippen LogP contribution >= 0.6 is 11.8 Å². The van der Waals surface area contributed by atoms with Gasteiger partial charge in [-0.25, -0.2) is 4.79 Å². The van der Waals surface area contributed by atoms with Crippen molar-refractivity contribution in [2.45, 2.75) is 38.2 Å². The highest BCUT2D eigenvalue weighted by atomic mass is 32.2. The SMILES string of the molecule is CC(C)(C)OC(=O)C1NCCCS1. The number of ether oxygens (including phenoxy) is 1. The minimum atomic E-state index is -0.378. The Bertz CT molecular complexity index is 183. The molecule has 0 aromatic carbocycles. The van der Waals surface area contributed by atoms with Gasteiger partial charge in [-0.3, -0.25) is 5.32 Å². The van der Waals surface area contributed by atoms with Crippen LogP contribution in [-0.2, 0) is 9.53 Å². The van der Waals surface area contributed by atoms with Crippen molar-refractivity contribution in [3.05, 3.63) is 0 Å². The Morgan fingerprint density at radius 2 is 2.23 bits per heavy atom. The van der Waals surface area contributed by atoms with Gasteiger partial charge >= 0.3 is 5.97 Å². The van der Waals surface area contributed by atoms with E-state index in [1.807, 2.05) is 20.8 Å². The summed E-state index contributed by atoms with van der Waals surface area (Å²) in [5.41, 5.74) is -0.378. The average molecular weight is 203 g/mol. The third-order valence-electron chi connectivity index (χ3n) is 1.56. The molecule has 13 heavy (non-hydrogen) atoms. The molecule has 0 saturated carbocycles. The molecule has 0 radical (unpaired) electrons. The zero-order valence-electron chi connectivity index (χ0n) is 8.42. The third-order valence-corrected chi connectivity index (χ3v) is 2.77. The molecular weight excluding hydrogens is 186 g/mol. The monoisotopic (exact) mass is 203 g/mol. The van der Waals surface area contributed by atoms with E-state index in [2.05, 4.69) is 5.32 Å². The van der Waals surface area contributed by atoms with Crippen molar-refractivity contribution in [3.63, 3.8) is 0 Å². The van der Waals surface area contributed by atoms with E-state index in [9.17, 15) is 4.79 Å². The summed E-state index contributed by atoms with van der Waals surface area (Å²) in [5.74, 6) is 0.897. The molecule has 0 aromatic heterocycles. The maximum absolute atomic E-state index is 11.5. The fourth-order valence-corrected chi connectivity index (χ4v) is 2.04. The molecule has 1 unspecified atom stereocenters. The van der Waals surface area contributed by atoms with Gasteiger partial charge in [-0.1, -0.05) is 0 Å². The second kappa shape index (κ2) is 4.33. The van der Waals surface area contributed by atoms with E-state index in [1.165, 1.54) is 0 Å². The van der Waals surface area contributed by atoms with E-state index < -0.39 is 0 Å². The molecule has 3 nitrogen and oxygen atoms in total. The van der Waals surface area contributed by atoms with Crippen LogP contribution in [0.4, 0.5) is 0 Å². The lowest BCUT2D eigenvalue weighted by molar-refractivity contribution is -0.154. The van der Waals surface area contributed by atoms with Gasteiger partial charge in [0, 0.05) is 0 Å². The molecule has 1 rings (SSSR count). The number of carbonyl (C=O) groups is 1. The maximum Gasteiger partial charge on any atom is 0.334 e. The lowest BCUT2D eigenvalue weighted by Gasteiger charge is -2.26. The van der Waals surface area contributed by atoms with Gasteiger partial charge in [0.1, 0.15) is 5.60 Å². The molecule has 1 aliphatic rings. The Hall–Kier alpha value is -0.220. The van der Waals surface area contributed by atoms with Crippen LogP contribution in [-0.4, -0.2) is 29.2 Å². The van der Waals surface area contributed by atoms with Crippen molar-refractivity contribution >= 4 is 17.7 Å². The highest BCUT2D eigenvalue weighted by Crippen LogP contribution is 2.18. The van der Waals surface area contributed by atoms with Gasteiger partial charge in [-0.15, -0.1) is 11.8 Å². The number of nitrogens with one attached hydrogen (secondary N) is 1. The normalized spacial score (nSPS) is 24.1. The highest BCUT2D eigenvalue weighted by molar-refractivity contribution is 8.00. The second-order valence-corrected chi connectivity index (χ2v) is 5.30. The van der Waals surface area contributed by atoms with Crippen molar-refractivity contribution in [2.24, 2.45) is 0 Å². The van der Waals surface area contributed by atoms with Gasteiger partial charge in [-0.2, -0.15) is 0 Å². The van der Waals surface area contributed by atoms with Crippen molar-refractivity contribution in [2.75, 3.05) is 12.3 Å². The number of hydrogen-bond donors (Lipinski definition) is 1. The van der Waals surface area contributed by atoms with E-state index in [0.717, 1.165) is 18.7 Å². The molecule has 0 bridgehead atoms. The zero-order valence-corrected chi connectivity index (χ0v) is 9.24. The molecule has 0 aliphatic carbocycles. The third kappa shape index (κ3) is 4.00. The number of esters is 1. The molecule has 0 aromatic rings. The highest BCUT2D eigenvalue weighted by Gasteiger charge is 2.26. The van der Waals surface area contributed by atoms with Crippen LogP contribution in [0.2, 0.25) is 0 Å². The van der Waals surface area contributed by atoms with E-state index in [4.69, 9.17) is 4.74 Å². The number of hydrogen-bond acceptors (Lipinski definition) is 4. The Balaban J connectivity index is 2.38. The summed E-state index contributed by atoms with van der Waals surface area (Å²) in [6.07, 6.45) is 1.13. The molecule has 76 valence electrons. The van der Waals surface area contributed by atoms with Crippen LogP contribution in [0.3, 0.4) is 0 Å². The number of rotatable bonds is 1. The van der Waals surface area contributed by atoms with Crippen molar-refractivity contribution < 1.29 is 9.53 Å². The summed E-state index contributed by atoms with van der Waals surface area (Å²) in [5, 5.41) is 2.97. The van der Waals surface area contributed by atoms with Crippen LogP contribution in [0.1, 0.15) is 27.2 Å². The summed E-state index contributed by atoms with van der Waals surface area (Å²) in [6.45, 7) is 6.58. The first-order valence-electron chi connectivity index (χ1n) is 4.57. The topological polar surface area (TPSA) is 38.3 Å². The van der Waals surface area contributed by atoms with Gasteiger partial charge in [0.05, 0.1) is 0 Å². The first-order valence-corrected chi connectivity index (χ1v) is 5.62. The smallest absolute Gasteiger partial charge is 0.334 e. The van der Waals surface area contributed by atoms with Crippen molar-refractivity contribution in [1.82, 2.24) is 5.32 Å². The molecule has 4 heteroatoms. The fourth-order valence-electron chi connectivity index (χ4n) is 1.07. The Morgan fingerprint density at radius 3 is 2.69 bits per heavy atom. The molecule has 1 heterocycles. The predicted molar refractivity (Wildman–Crippen MR) is 54.7 cm³/mol. The number of thioether (sulfide) groups is 1. The first-order chi connectivity index (χ1) is 5.99. The summed E-state index contributed by atoms with van der Waals surface area (Å²) in [6, 6.07) is 0. The summed E-state index contributed by atoms with van der Waals surface area (Å²) >= 11 is 1.63. The van der Waals surface area contributed by atoms with Gasteiger partial charge in [0.25, 0.3) is 0 Å². The molecule has 1 saturated heterocycles. The standard InChI is InChI=1S/C9H17NO2S/c1-9(2,3)12-8(11)7-10-5-4-6-13-7/h7,10H,4-6H2,1-3H3. The summed E-state index contributed by atoms with van der Waals surface area (Å²) < 4.78 is 5.25. The maximum atomic E-state index is 11.5. The summed E-state index contributed by atoms with van der Waals surface area (Å²) in [7, 11) is 0. The van der Waals surface area contributed by atoms with Gasteiger partial charge in [0.2, 0.25) is 0 Å². The minimum Gasteiger partial charge on any atom is -0.458 e. The molecule has 0 amide bonds. The largest absolute Gasteiger partial charge is 0.458 e. The quantitative estimate of drug-likeness (QED) is 0.653. The molecule has 1 atom stereocenters. The van der Waals surface area contributed by atoms with Gasteiger partial charge < -0.3 is 4.74 Å². The first kappa shape index (κ1) is 10.9. The second-order valence-electron chi connectivity index (χ2n) is 4.09. The lowest BCUT2D eigenvalue weighted by atomic mass is 10.2. The van der Waals surface area contributed by atoms with Crippen LogP contribution in [0.15, 0.2) is 0 Å². The van der Waals surface area contributed by atoms with E-state index in [0.29, 0.717) is 0 Å². The molecule has 1 aliphatic heterocycles. The Labute approximate surface area is 83.6 Å². The predicted octanol–water partition coefficient (Wildman–Crippen LogP) is 1.38.